The summed E-state index contributed by atoms with van der Waals surface area (Å²) in [6.45, 7) is 0. The summed E-state index contributed by atoms with van der Waals surface area (Å²) in [5.41, 5.74) is 4.79. The van der Waals surface area contributed by atoms with Crippen molar-refractivity contribution in [2.75, 3.05) is 7.05 Å². The first-order chi connectivity index (χ1) is 16.7. The lowest BCUT2D eigenvalue weighted by atomic mass is 10.1. The maximum atomic E-state index is 11.6. The van der Waals surface area contributed by atoms with Crippen LogP contribution in [0.5, 0.6) is 11.5 Å². The van der Waals surface area contributed by atoms with Crippen LogP contribution in [0.4, 0.5) is 0 Å². The molecular formula is C29H23N3O2. The lowest BCUT2D eigenvalue weighted by Gasteiger charge is -2.11. The summed E-state index contributed by atoms with van der Waals surface area (Å²) < 4.78 is 8.10. The zero-order valence-electron chi connectivity index (χ0n) is 18.7. The molecule has 34 heavy (non-hydrogen) atoms. The number of rotatable bonds is 6. The highest BCUT2D eigenvalue weighted by Gasteiger charge is 2.14. The van der Waals surface area contributed by atoms with Gasteiger partial charge >= 0.3 is 0 Å². The molecule has 1 aromatic heterocycles. The van der Waals surface area contributed by atoms with Gasteiger partial charge in [-0.05, 0) is 66.2 Å². The molecule has 0 aliphatic rings. The SMILES string of the molecule is CNC(=O)/C=C/c1cccc(-c2nc3ccccc3n2-c2ccc(Oc3ccccc3)cc2)c1. The number of fused-ring (bicyclic) bond motifs is 1. The second-order valence-corrected chi connectivity index (χ2v) is 7.74. The third-order valence-corrected chi connectivity index (χ3v) is 5.45. The zero-order chi connectivity index (χ0) is 23.3. The Bertz CT molecular complexity index is 1470. The van der Waals surface area contributed by atoms with Gasteiger partial charge in [0.25, 0.3) is 0 Å². The van der Waals surface area contributed by atoms with E-state index >= 15 is 0 Å². The van der Waals surface area contributed by atoms with Gasteiger partial charge in [-0.25, -0.2) is 4.98 Å². The van der Waals surface area contributed by atoms with E-state index in [2.05, 4.69) is 16.0 Å². The van der Waals surface area contributed by atoms with E-state index < -0.39 is 0 Å². The van der Waals surface area contributed by atoms with Gasteiger partial charge in [-0.2, -0.15) is 0 Å². The maximum Gasteiger partial charge on any atom is 0.243 e. The van der Waals surface area contributed by atoms with Crippen LogP contribution in [-0.2, 0) is 4.79 Å². The lowest BCUT2D eigenvalue weighted by Crippen LogP contribution is -2.13. The Morgan fingerprint density at radius 3 is 2.38 bits per heavy atom. The predicted molar refractivity (Wildman–Crippen MR) is 136 cm³/mol. The van der Waals surface area contributed by atoms with E-state index in [1.54, 1.807) is 13.1 Å². The molecule has 0 fully saturated rings. The second kappa shape index (κ2) is 9.46. The van der Waals surface area contributed by atoms with Crippen molar-refractivity contribution >= 4 is 23.0 Å². The number of likely N-dealkylation sites (N-methyl/N-ethyl adjacent to an activating group) is 1. The summed E-state index contributed by atoms with van der Waals surface area (Å²) in [4.78, 5) is 16.5. The zero-order valence-corrected chi connectivity index (χ0v) is 18.7. The fourth-order valence-electron chi connectivity index (χ4n) is 3.81. The number of benzene rings is 4. The molecule has 0 spiro atoms. The standard InChI is InChI=1S/C29H23N3O2/c1-30-28(33)19-14-21-8-7-9-22(20-21)29-31-26-12-5-6-13-27(26)32(29)23-15-17-25(18-16-23)34-24-10-3-2-4-11-24/h2-20H,1H3,(H,30,33)/b19-14+. The Labute approximate surface area is 198 Å². The van der Waals surface area contributed by atoms with E-state index in [0.29, 0.717) is 0 Å². The van der Waals surface area contributed by atoms with E-state index in [0.717, 1.165) is 45.2 Å². The predicted octanol–water partition coefficient (Wildman–Crippen LogP) is 6.24. The molecule has 0 atom stereocenters. The molecule has 5 nitrogen and oxygen atoms in total. The molecule has 5 aromatic rings. The van der Waals surface area contributed by atoms with Crippen LogP contribution in [-0.4, -0.2) is 22.5 Å². The van der Waals surface area contributed by atoms with Gasteiger partial charge in [0.15, 0.2) is 0 Å². The summed E-state index contributed by atoms with van der Waals surface area (Å²) in [7, 11) is 1.61. The van der Waals surface area contributed by atoms with E-state index in [1.807, 2.05) is 97.1 Å². The normalized spacial score (nSPS) is 11.1. The minimum absolute atomic E-state index is 0.143. The number of hydrogen-bond acceptors (Lipinski definition) is 3. The highest BCUT2D eigenvalue weighted by Crippen LogP contribution is 2.31. The number of para-hydroxylation sites is 3. The molecule has 0 bridgehead atoms. The Kier molecular flexibility index (Phi) is 5.91. The number of ether oxygens (including phenoxy) is 1. The van der Waals surface area contributed by atoms with E-state index in [-0.39, 0.29) is 5.91 Å². The van der Waals surface area contributed by atoms with Crippen LogP contribution < -0.4 is 10.1 Å². The number of nitrogens with one attached hydrogen (secondary N) is 1. The highest BCUT2D eigenvalue weighted by atomic mass is 16.5. The van der Waals surface area contributed by atoms with Gasteiger partial charge in [-0.3, -0.25) is 9.36 Å². The Balaban J connectivity index is 1.55. The average Bonchev–Trinajstić information content (AvgIpc) is 3.28. The van der Waals surface area contributed by atoms with Crippen molar-refractivity contribution in [1.82, 2.24) is 14.9 Å². The first-order valence-electron chi connectivity index (χ1n) is 11.0. The molecule has 166 valence electrons. The van der Waals surface area contributed by atoms with E-state index in [4.69, 9.17) is 9.72 Å². The quantitative estimate of drug-likeness (QED) is 0.315. The topological polar surface area (TPSA) is 56.2 Å². The molecule has 0 aliphatic carbocycles. The number of aromatic nitrogens is 2. The summed E-state index contributed by atoms with van der Waals surface area (Å²) >= 11 is 0. The molecule has 4 aromatic carbocycles. The third-order valence-electron chi connectivity index (χ3n) is 5.45. The monoisotopic (exact) mass is 445 g/mol. The molecule has 1 amide bonds. The Hall–Kier alpha value is -4.64. The van der Waals surface area contributed by atoms with Crippen LogP contribution in [0, 0.1) is 0 Å². The fourth-order valence-corrected chi connectivity index (χ4v) is 3.81. The van der Waals surface area contributed by atoms with Crippen molar-refractivity contribution in [2.24, 2.45) is 0 Å². The van der Waals surface area contributed by atoms with Crippen LogP contribution in [0.15, 0.2) is 109 Å². The van der Waals surface area contributed by atoms with Crippen LogP contribution in [0.1, 0.15) is 5.56 Å². The summed E-state index contributed by atoms with van der Waals surface area (Å²) in [5.74, 6) is 2.25. The minimum atomic E-state index is -0.143. The second-order valence-electron chi connectivity index (χ2n) is 7.74. The fraction of sp³-hybridized carbons (Fsp3) is 0.0345. The molecule has 0 saturated heterocycles. The molecule has 5 heteroatoms. The first-order valence-corrected chi connectivity index (χ1v) is 11.0. The highest BCUT2D eigenvalue weighted by molar-refractivity contribution is 5.91. The summed E-state index contributed by atoms with van der Waals surface area (Å²) in [6, 6.07) is 33.8. The maximum absolute atomic E-state index is 11.6. The third kappa shape index (κ3) is 4.45. The molecule has 1 heterocycles. The minimum Gasteiger partial charge on any atom is -0.457 e. The van der Waals surface area contributed by atoms with Crippen molar-refractivity contribution in [2.45, 2.75) is 0 Å². The van der Waals surface area contributed by atoms with Gasteiger partial charge in [0.2, 0.25) is 5.91 Å². The van der Waals surface area contributed by atoms with Gasteiger partial charge < -0.3 is 10.1 Å². The molecule has 0 radical (unpaired) electrons. The van der Waals surface area contributed by atoms with Crippen molar-refractivity contribution < 1.29 is 9.53 Å². The van der Waals surface area contributed by atoms with Crippen LogP contribution in [0.3, 0.4) is 0 Å². The average molecular weight is 446 g/mol. The largest absolute Gasteiger partial charge is 0.457 e. The molecule has 5 rings (SSSR count). The number of hydrogen-bond donors (Lipinski definition) is 1. The van der Waals surface area contributed by atoms with Crippen molar-refractivity contribution in [3.05, 3.63) is 115 Å². The van der Waals surface area contributed by atoms with E-state index in [1.165, 1.54) is 6.08 Å². The van der Waals surface area contributed by atoms with Gasteiger partial charge in [-0.15, -0.1) is 0 Å². The van der Waals surface area contributed by atoms with Crippen molar-refractivity contribution in [3.8, 4) is 28.6 Å². The van der Waals surface area contributed by atoms with Crippen LogP contribution in [0.2, 0.25) is 0 Å². The summed E-state index contributed by atoms with van der Waals surface area (Å²) in [5, 5.41) is 2.60. The Morgan fingerprint density at radius 2 is 1.59 bits per heavy atom. The number of carbonyl (C=O) groups excluding carboxylic acids is 1. The summed E-state index contributed by atoms with van der Waals surface area (Å²) in [6.07, 6.45) is 3.32. The van der Waals surface area contributed by atoms with Gasteiger partial charge in [0.1, 0.15) is 17.3 Å². The number of carbonyl (C=O) groups is 1. The molecule has 0 aliphatic heterocycles. The Morgan fingerprint density at radius 1 is 0.853 bits per heavy atom. The van der Waals surface area contributed by atoms with Crippen molar-refractivity contribution in [1.29, 1.82) is 0 Å². The smallest absolute Gasteiger partial charge is 0.243 e. The van der Waals surface area contributed by atoms with Gasteiger partial charge in [-0.1, -0.05) is 48.5 Å². The molecule has 1 N–H and O–H groups in total. The van der Waals surface area contributed by atoms with Gasteiger partial charge in [0, 0.05) is 24.4 Å². The molecule has 0 unspecified atom stereocenters. The van der Waals surface area contributed by atoms with Gasteiger partial charge in [0.05, 0.1) is 11.0 Å². The first kappa shape index (κ1) is 21.2. The molecular weight excluding hydrogens is 422 g/mol. The lowest BCUT2D eigenvalue weighted by molar-refractivity contribution is -0.115. The van der Waals surface area contributed by atoms with E-state index in [9.17, 15) is 4.79 Å². The van der Waals surface area contributed by atoms with Crippen LogP contribution >= 0.6 is 0 Å². The number of imidazole rings is 1. The molecule has 0 saturated carbocycles. The number of nitrogens with zero attached hydrogens (tertiary/aromatic N) is 2. The number of amides is 1. The van der Waals surface area contributed by atoms with Crippen LogP contribution in [0.25, 0.3) is 34.2 Å². The van der Waals surface area contributed by atoms with Crippen molar-refractivity contribution in [3.63, 3.8) is 0 Å².